The van der Waals surface area contributed by atoms with Crippen molar-refractivity contribution in [1.82, 2.24) is 14.7 Å². The number of β-amino-alcohol motifs (C(OH)–C–C–N with tert-alkyl or cyclic N) is 1. The Hall–Kier alpha value is -2.00. The van der Waals surface area contributed by atoms with Crippen molar-refractivity contribution in [3.05, 3.63) is 34.9 Å². The Kier molecular flexibility index (Phi) is 4.91. The number of carbonyl (C=O) groups excluding carboxylic acids is 3. The fourth-order valence-electron chi connectivity index (χ4n) is 4.51. The fourth-order valence-corrected chi connectivity index (χ4v) is 4.70. The van der Waals surface area contributed by atoms with Gasteiger partial charge in [-0.25, -0.2) is 0 Å². The van der Waals surface area contributed by atoms with Crippen molar-refractivity contribution in [2.24, 2.45) is 0 Å². The molecule has 3 aliphatic rings. The summed E-state index contributed by atoms with van der Waals surface area (Å²) in [6.45, 7) is 1.27. The predicted molar refractivity (Wildman–Crippen MR) is 99.3 cm³/mol. The number of esters is 1. The summed E-state index contributed by atoms with van der Waals surface area (Å²) in [6, 6.07) is 6.93. The molecule has 0 aliphatic carbocycles. The molecule has 1 N–H and O–H groups in total. The van der Waals surface area contributed by atoms with E-state index in [-0.39, 0.29) is 13.0 Å². The zero-order valence-electron chi connectivity index (χ0n) is 15.5. The molecule has 0 bridgehead atoms. The maximum absolute atomic E-state index is 13.2. The molecular weight excluding hydrogens is 386 g/mol. The third kappa shape index (κ3) is 3.00. The molecule has 150 valence electrons. The second-order valence-corrected chi connectivity index (χ2v) is 8.04. The molecule has 1 aromatic rings. The first-order valence-electron chi connectivity index (χ1n) is 9.19. The van der Waals surface area contributed by atoms with Crippen LogP contribution < -0.4 is 0 Å². The maximum Gasteiger partial charge on any atom is 0.325 e. The van der Waals surface area contributed by atoms with Crippen molar-refractivity contribution >= 4 is 29.4 Å². The van der Waals surface area contributed by atoms with Gasteiger partial charge in [0.25, 0.3) is 5.91 Å². The number of halogens is 1. The van der Waals surface area contributed by atoms with E-state index in [1.54, 1.807) is 0 Å². The molecule has 2 atom stereocenters. The summed E-state index contributed by atoms with van der Waals surface area (Å²) in [4.78, 5) is 42.6. The molecule has 0 radical (unpaired) electrons. The van der Waals surface area contributed by atoms with E-state index in [1.165, 1.54) is 7.11 Å². The third-order valence-electron chi connectivity index (χ3n) is 5.86. The van der Waals surface area contributed by atoms with Crippen LogP contribution in [0.3, 0.4) is 0 Å². The van der Waals surface area contributed by atoms with Crippen LogP contribution in [0.25, 0.3) is 0 Å². The number of methoxy groups -OCH3 is 1. The first kappa shape index (κ1) is 19.3. The lowest BCUT2D eigenvalue weighted by molar-refractivity contribution is -0.183. The summed E-state index contributed by atoms with van der Waals surface area (Å²) in [5.74, 6) is -1.48. The van der Waals surface area contributed by atoms with Crippen molar-refractivity contribution in [1.29, 1.82) is 0 Å². The Morgan fingerprint density at radius 3 is 2.71 bits per heavy atom. The Morgan fingerprint density at radius 2 is 2.04 bits per heavy atom. The Bertz CT molecular complexity index is 826. The summed E-state index contributed by atoms with van der Waals surface area (Å²) in [7, 11) is 1.22. The molecule has 1 aromatic carbocycles. The monoisotopic (exact) mass is 407 g/mol. The van der Waals surface area contributed by atoms with Crippen LogP contribution >= 0.6 is 11.6 Å². The second-order valence-electron chi connectivity index (χ2n) is 7.63. The van der Waals surface area contributed by atoms with Crippen LogP contribution in [0.5, 0.6) is 0 Å². The van der Waals surface area contributed by atoms with Gasteiger partial charge in [-0.1, -0.05) is 29.8 Å². The number of aliphatic hydroxyl groups excluding tert-OH is 1. The van der Waals surface area contributed by atoms with Gasteiger partial charge in [-0.2, -0.15) is 0 Å². The van der Waals surface area contributed by atoms with E-state index >= 15 is 0 Å². The standard InChI is InChI=1S/C19H22ClN3O5/c1-28-16(25)9-22-17(26)15-6-13(24)8-23(15)19(18(22)27)10-21(11-19)7-12-4-2-3-5-14(12)20/h2-5,13,15,24H,6-11H2,1H3. The number of ether oxygens (including phenoxy) is 1. The number of benzene rings is 1. The number of fused-ring (bicyclic) bond motifs is 2. The minimum absolute atomic E-state index is 0.260. The highest BCUT2D eigenvalue weighted by atomic mass is 35.5. The van der Waals surface area contributed by atoms with Crippen LogP contribution in [0.4, 0.5) is 0 Å². The summed E-state index contributed by atoms with van der Waals surface area (Å²) in [5.41, 5.74) is 0.0495. The van der Waals surface area contributed by atoms with Crippen LogP contribution in [-0.4, -0.2) is 88.6 Å². The van der Waals surface area contributed by atoms with Gasteiger partial charge in [-0.15, -0.1) is 0 Å². The van der Waals surface area contributed by atoms with E-state index in [1.807, 2.05) is 29.2 Å². The van der Waals surface area contributed by atoms with Gasteiger partial charge in [-0.05, 0) is 18.1 Å². The molecule has 2 unspecified atom stereocenters. The van der Waals surface area contributed by atoms with Crippen molar-refractivity contribution in [2.45, 2.75) is 30.7 Å². The van der Waals surface area contributed by atoms with Gasteiger partial charge in [0.15, 0.2) is 0 Å². The van der Waals surface area contributed by atoms with Gasteiger partial charge >= 0.3 is 5.97 Å². The van der Waals surface area contributed by atoms with E-state index in [2.05, 4.69) is 9.64 Å². The lowest BCUT2D eigenvalue weighted by atomic mass is 9.82. The largest absolute Gasteiger partial charge is 0.468 e. The van der Waals surface area contributed by atoms with Gasteiger partial charge in [0.2, 0.25) is 5.91 Å². The number of hydrogen-bond donors (Lipinski definition) is 1. The van der Waals surface area contributed by atoms with Gasteiger partial charge in [0, 0.05) is 31.2 Å². The average Bonchev–Trinajstić information content (AvgIpc) is 3.04. The van der Waals surface area contributed by atoms with Crippen LogP contribution in [0.2, 0.25) is 5.02 Å². The molecule has 9 heteroatoms. The number of carbonyl (C=O) groups is 3. The molecule has 3 heterocycles. The first-order chi connectivity index (χ1) is 13.4. The Labute approximate surface area is 167 Å². The summed E-state index contributed by atoms with van der Waals surface area (Å²) in [5, 5.41) is 10.8. The fraction of sp³-hybridized carbons (Fsp3) is 0.526. The number of nitrogens with zero attached hydrogens (tertiary/aromatic N) is 3. The summed E-state index contributed by atoms with van der Waals surface area (Å²) < 4.78 is 4.64. The zero-order valence-corrected chi connectivity index (χ0v) is 16.3. The third-order valence-corrected chi connectivity index (χ3v) is 6.23. The molecule has 1 spiro atoms. The number of likely N-dealkylation sites (tertiary alicyclic amines) is 1. The number of piperazine rings is 1. The van der Waals surface area contributed by atoms with Crippen LogP contribution in [0.15, 0.2) is 24.3 Å². The Balaban J connectivity index is 1.56. The SMILES string of the molecule is COC(=O)CN1C(=O)C2CC(O)CN2C2(CN(Cc3ccccc3Cl)C2)C1=O. The highest BCUT2D eigenvalue weighted by Crippen LogP contribution is 2.41. The highest BCUT2D eigenvalue weighted by molar-refractivity contribution is 6.31. The van der Waals surface area contributed by atoms with E-state index in [9.17, 15) is 19.5 Å². The summed E-state index contributed by atoms with van der Waals surface area (Å²) in [6.07, 6.45) is -0.412. The molecule has 3 saturated heterocycles. The molecule has 2 amide bonds. The van der Waals surface area contributed by atoms with Crippen LogP contribution in [0, 0.1) is 0 Å². The normalized spacial score (nSPS) is 27.0. The minimum Gasteiger partial charge on any atom is -0.468 e. The van der Waals surface area contributed by atoms with Crippen molar-refractivity contribution in [3.63, 3.8) is 0 Å². The van der Waals surface area contributed by atoms with E-state index in [0.29, 0.717) is 24.7 Å². The number of amides is 2. The minimum atomic E-state index is -0.911. The van der Waals surface area contributed by atoms with Gasteiger partial charge < -0.3 is 9.84 Å². The second kappa shape index (κ2) is 7.11. The molecular formula is C19H22ClN3O5. The van der Waals surface area contributed by atoms with E-state index < -0.39 is 42.0 Å². The lowest BCUT2D eigenvalue weighted by Gasteiger charge is -2.58. The molecule has 0 saturated carbocycles. The maximum atomic E-state index is 13.2. The lowest BCUT2D eigenvalue weighted by Crippen LogP contribution is -2.81. The van der Waals surface area contributed by atoms with Crippen molar-refractivity contribution in [2.75, 3.05) is 33.3 Å². The Morgan fingerprint density at radius 1 is 1.32 bits per heavy atom. The number of rotatable bonds is 4. The van der Waals surface area contributed by atoms with Crippen LogP contribution in [0.1, 0.15) is 12.0 Å². The van der Waals surface area contributed by atoms with E-state index in [0.717, 1.165) is 10.5 Å². The van der Waals surface area contributed by atoms with Crippen molar-refractivity contribution < 1.29 is 24.2 Å². The predicted octanol–water partition coefficient (Wildman–Crippen LogP) is -0.129. The van der Waals surface area contributed by atoms with Gasteiger partial charge in [0.1, 0.15) is 12.1 Å². The summed E-state index contributed by atoms with van der Waals surface area (Å²) >= 11 is 6.24. The van der Waals surface area contributed by atoms with E-state index in [4.69, 9.17) is 11.6 Å². The highest BCUT2D eigenvalue weighted by Gasteiger charge is 2.64. The quantitative estimate of drug-likeness (QED) is 0.549. The average molecular weight is 408 g/mol. The molecule has 3 fully saturated rings. The smallest absolute Gasteiger partial charge is 0.325 e. The molecule has 8 nitrogen and oxygen atoms in total. The molecule has 0 aromatic heterocycles. The number of hydrogen-bond acceptors (Lipinski definition) is 7. The van der Waals surface area contributed by atoms with Gasteiger partial charge in [0.05, 0.1) is 19.3 Å². The molecule has 3 aliphatic heterocycles. The van der Waals surface area contributed by atoms with Crippen LogP contribution in [-0.2, 0) is 25.7 Å². The van der Waals surface area contributed by atoms with Gasteiger partial charge in [-0.3, -0.25) is 29.1 Å². The molecule has 28 heavy (non-hydrogen) atoms. The molecule has 4 rings (SSSR count). The number of imide groups is 1. The topological polar surface area (TPSA) is 90.4 Å². The number of aliphatic hydroxyl groups is 1. The first-order valence-corrected chi connectivity index (χ1v) is 9.57. The van der Waals surface area contributed by atoms with Crippen molar-refractivity contribution in [3.8, 4) is 0 Å². The zero-order chi connectivity index (χ0) is 20.1.